The highest BCUT2D eigenvalue weighted by molar-refractivity contribution is 7.14. The molecular weight excluding hydrogens is 162 g/mol. The molecule has 0 unspecified atom stereocenters. The van der Waals surface area contributed by atoms with Crippen LogP contribution in [-0.4, -0.2) is 11.0 Å². The molecule has 11 heavy (non-hydrogen) atoms. The number of amides is 1. The van der Waals surface area contributed by atoms with Gasteiger partial charge in [-0.05, 0) is 19.1 Å². The largest absolute Gasteiger partial charge is 0.381 e. The summed E-state index contributed by atoms with van der Waals surface area (Å²) in [5, 5.41) is 8.99. The number of carbonyl (C=O) groups excluding carboxylic acids is 1. The van der Waals surface area contributed by atoms with Crippen molar-refractivity contribution in [2.24, 2.45) is 5.73 Å². The van der Waals surface area contributed by atoms with Crippen molar-refractivity contribution < 1.29 is 9.90 Å². The van der Waals surface area contributed by atoms with Crippen LogP contribution in [0.3, 0.4) is 0 Å². The first-order valence-corrected chi connectivity index (χ1v) is 3.85. The standard InChI is InChI=1S/C7H8NO2S/c1-4(9)5-2-3-6(11-5)7(8)10/h2-3,9H,1H3,(H2,8,10). The van der Waals surface area contributed by atoms with Crippen LogP contribution < -0.4 is 5.73 Å². The van der Waals surface area contributed by atoms with Crippen molar-refractivity contribution in [2.45, 2.75) is 6.92 Å². The van der Waals surface area contributed by atoms with Crippen LogP contribution in [0.4, 0.5) is 0 Å². The molecule has 3 N–H and O–H groups in total. The molecule has 1 aromatic heterocycles. The third kappa shape index (κ3) is 1.78. The molecule has 4 heteroatoms. The molecule has 1 amide bonds. The van der Waals surface area contributed by atoms with E-state index < -0.39 is 5.91 Å². The number of aliphatic hydroxyl groups is 1. The fourth-order valence-corrected chi connectivity index (χ4v) is 1.42. The molecule has 1 heterocycles. The maximum atomic E-state index is 10.6. The van der Waals surface area contributed by atoms with Gasteiger partial charge in [-0.3, -0.25) is 4.79 Å². The average Bonchev–Trinajstić information content (AvgIpc) is 2.33. The number of hydrogen-bond acceptors (Lipinski definition) is 3. The summed E-state index contributed by atoms with van der Waals surface area (Å²) in [5.74, 6) is -0.456. The minimum absolute atomic E-state index is 0.211. The Balaban J connectivity index is 2.90. The lowest BCUT2D eigenvalue weighted by atomic mass is 10.3. The molecule has 0 fully saturated rings. The maximum absolute atomic E-state index is 10.6. The number of nitrogens with two attached hydrogens (primary N) is 1. The Morgan fingerprint density at radius 1 is 1.55 bits per heavy atom. The maximum Gasteiger partial charge on any atom is 0.258 e. The molecule has 59 valence electrons. The van der Waals surface area contributed by atoms with Crippen LogP contribution >= 0.6 is 11.3 Å². The van der Waals surface area contributed by atoms with Crippen molar-refractivity contribution in [3.63, 3.8) is 0 Å². The van der Waals surface area contributed by atoms with Crippen LogP contribution in [-0.2, 0) is 0 Å². The molecule has 1 aromatic rings. The Kier molecular flexibility index (Phi) is 2.26. The Labute approximate surface area is 68.5 Å². The molecule has 0 aliphatic rings. The van der Waals surface area contributed by atoms with E-state index in [0.717, 1.165) is 0 Å². The Bertz CT molecular complexity index is 267. The van der Waals surface area contributed by atoms with Gasteiger partial charge in [-0.1, -0.05) is 0 Å². The first-order chi connectivity index (χ1) is 5.11. The number of aliphatic hydroxyl groups excluding tert-OH is 1. The highest BCUT2D eigenvalue weighted by Gasteiger charge is 2.08. The highest BCUT2D eigenvalue weighted by atomic mass is 32.1. The lowest BCUT2D eigenvalue weighted by Gasteiger charge is -1.94. The lowest BCUT2D eigenvalue weighted by Crippen LogP contribution is -2.08. The molecule has 0 atom stereocenters. The second-order valence-corrected chi connectivity index (χ2v) is 3.20. The van der Waals surface area contributed by atoms with Crippen molar-refractivity contribution in [1.82, 2.24) is 0 Å². The second-order valence-electron chi connectivity index (χ2n) is 2.11. The summed E-state index contributed by atoms with van der Waals surface area (Å²) < 4.78 is 0. The normalized spacial score (nSPS) is 10.5. The van der Waals surface area contributed by atoms with Gasteiger partial charge in [0, 0.05) is 4.88 Å². The summed E-state index contributed by atoms with van der Waals surface area (Å²) in [5.41, 5.74) is 5.01. The van der Waals surface area contributed by atoms with E-state index in [1.807, 2.05) is 0 Å². The molecule has 0 aromatic carbocycles. The molecule has 0 saturated heterocycles. The smallest absolute Gasteiger partial charge is 0.258 e. The van der Waals surface area contributed by atoms with E-state index in [9.17, 15) is 4.79 Å². The van der Waals surface area contributed by atoms with E-state index in [1.165, 1.54) is 11.3 Å². The summed E-state index contributed by atoms with van der Waals surface area (Å²) >= 11 is 1.19. The van der Waals surface area contributed by atoms with Gasteiger partial charge in [0.2, 0.25) is 0 Å². The fourth-order valence-electron chi connectivity index (χ4n) is 0.665. The van der Waals surface area contributed by atoms with E-state index in [2.05, 4.69) is 0 Å². The van der Waals surface area contributed by atoms with Crippen LogP contribution in [0.25, 0.3) is 0 Å². The SMILES string of the molecule is C[C](O)c1ccc(C(N)=O)s1. The molecule has 0 spiro atoms. The minimum Gasteiger partial charge on any atom is -0.381 e. The molecule has 1 rings (SSSR count). The molecular formula is C7H8NO2S. The van der Waals surface area contributed by atoms with E-state index in [-0.39, 0.29) is 6.10 Å². The number of rotatable bonds is 2. The van der Waals surface area contributed by atoms with Gasteiger partial charge in [0.1, 0.15) is 6.10 Å². The van der Waals surface area contributed by atoms with E-state index >= 15 is 0 Å². The zero-order chi connectivity index (χ0) is 8.43. The van der Waals surface area contributed by atoms with Gasteiger partial charge in [0.05, 0.1) is 4.88 Å². The fraction of sp³-hybridized carbons (Fsp3) is 0.143. The molecule has 1 radical (unpaired) electrons. The molecule has 0 aliphatic heterocycles. The van der Waals surface area contributed by atoms with Crippen molar-refractivity contribution in [1.29, 1.82) is 0 Å². The first kappa shape index (κ1) is 8.23. The summed E-state index contributed by atoms with van der Waals surface area (Å²) in [7, 11) is 0. The van der Waals surface area contributed by atoms with Crippen molar-refractivity contribution in [2.75, 3.05) is 0 Å². The monoisotopic (exact) mass is 170 g/mol. The average molecular weight is 170 g/mol. The summed E-state index contributed by atoms with van der Waals surface area (Å²) in [6, 6.07) is 3.27. The summed E-state index contributed by atoms with van der Waals surface area (Å²) in [6.45, 7) is 1.57. The predicted octanol–water partition coefficient (Wildman–Crippen LogP) is 1.12. The molecule has 0 saturated carbocycles. The van der Waals surface area contributed by atoms with Gasteiger partial charge >= 0.3 is 0 Å². The van der Waals surface area contributed by atoms with Crippen molar-refractivity contribution in [3.05, 3.63) is 28.0 Å². The van der Waals surface area contributed by atoms with Gasteiger partial charge in [-0.2, -0.15) is 0 Å². The predicted molar refractivity (Wildman–Crippen MR) is 42.8 cm³/mol. The van der Waals surface area contributed by atoms with Gasteiger partial charge in [0.15, 0.2) is 0 Å². The van der Waals surface area contributed by atoms with Crippen LogP contribution in [0.15, 0.2) is 12.1 Å². The number of thiophene rings is 1. The molecule has 0 aliphatic carbocycles. The van der Waals surface area contributed by atoms with Gasteiger partial charge in [-0.15, -0.1) is 11.3 Å². The Hall–Kier alpha value is -0.870. The summed E-state index contributed by atoms with van der Waals surface area (Å²) in [4.78, 5) is 11.7. The van der Waals surface area contributed by atoms with Crippen LogP contribution in [0.1, 0.15) is 21.5 Å². The van der Waals surface area contributed by atoms with Gasteiger partial charge < -0.3 is 10.8 Å². The zero-order valence-electron chi connectivity index (χ0n) is 6.00. The van der Waals surface area contributed by atoms with Crippen LogP contribution in [0.2, 0.25) is 0 Å². The van der Waals surface area contributed by atoms with Gasteiger partial charge in [-0.25, -0.2) is 0 Å². The first-order valence-electron chi connectivity index (χ1n) is 3.04. The Morgan fingerprint density at radius 2 is 2.09 bits per heavy atom. The second kappa shape index (κ2) is 3.02. The van der Waals surface area contributed by atoms with Crippen LogP contribution in [0, 0.1) is 6.10 Å². The Morgan fingerprint density at radius 3 is 2.36 bits per heavy atom. The van der Waals surface area contributed by atoms with Crippen molar-refractivity contribution >= 4 is 17.2 Å². The topological polar surface area (TPSA) is 63.3 Å². The number of primary amides is 1. The number of carbonyl (C=O) groups is 1. The molecule has 0 bridgehead atoms. The van der Waals surface area contributed by atoms with Crippen molar-refractivity contribution in [3.8, 4) is 0 Å². The summed E-state index contributed by atoms with van der Waals surface area (Å²) in [6.07, 6.45) is 0.211. The molecule has 3 nitrogen and oxygen atoms in total. The van der Waals surface area contributed by atoms with Crippen LogP contribution in [0.5, 0.6) is 0 Å². The minimum atomic E-state index is -0.456. The van der Waals surface area contributed by atoms with E-state index in [4.69, 9.17) is 10.8 Å². The van der Waals surface area contributed by atoms with Gasteiger partial charge in [0.25, 0.3) is 5.91 Å². The lowest BCUT2D eigenvalue weighted by molar-refractivity contribution is 0.100. The quantitative estimate of drug-likeness (QED) is 0.698. The third-order valence-corrected chi connectivity index (χ3v) is 2.41. The highest BCUT2D eigenvalue weighted by Crippen LogP contribution is 2.21. The van der Waals surface area contributed by atoms with E-state index in [0.29, 0.717) is 9.75 Å². The van der Waals surface area contributed by atoms with E-state index in [1.54, 1.807) is 19.1 Å². The third-order valence-electron chi connectivity index (χ3n) is 1.21. The zero-order valence-corrected chi connectivity index (χ0v) is 6.81. The number of hydrogen-bond donors (Lipinski definition) is 2.